The Hall–Kier alpha value is -0.760. The van der Waals surface area contributed by atoms with E-state index >= 15 is 0 Å². The van der Waals surface area contributed by atoms with E-state index in [1.807, 2.05) is 0 Å². The van der Waals surface area contributed by atoms with Gasteiger partial charge >= 0.3 is 0 Å². The minimum Gasteiger partial charge on any atom is -0.467 e. The fourth-order valence-electron chi connectivity index (χ4n) is 2.26. The van der Waals surface area contributed by atoms with Crippen molar-refractivity contribution in [1.82, 2.24) is 20.4 Å². The van der Waals surface area contributed by atoms with Crippen LogP contribution in [0.3, 0.4) is 0 Å². The molecule has 1 unspecified atom stereocenters. The predicted molar refractivity (Wildman–Crippen MR) is 79.3 cm³/mol. The quantitative estimate of drug-likeness (QED) is 0.727. The molecule has 0 aromatic carbocycles. The molecule has 1 aliphatic rings. The lowest BCUT2D eigenvalue weighted by molar-refractivity contribution is 0.124. The van der Waals surface area contributed by atoms with Crippen molar-refractivity contribution < 1.29 is 9.47 Å². The summed E-state index contributed by atoms with van der Waals surface area (Å²) in [5.74, 6) is 0. The second-order valence-corrected chi connectivity index (χ2v) is 6.10. The lowest BCUT2D eigenvalue weighted by Gasteiger charge is -2.31. The third-order valence-corrected chi connectivity index (χ3v) is 4.36. The van der Waals surface area contributed by atoms with Gasteiger partial charge in [-0.25, -0.2) is 0 Å². The Labute approximate surface area is 124 Å². The smallest absolute Gasteiger partial charge is 0.294 e. The number of hydrogen-bond donors (Lipinski definition) is 1. The number of ether oxygens (including phenoxy) is 2. The number of methoxy groups -OCH3 is 1. The molecule has 0 saturated carbocycles. The zero-order valence-electron chi connectivity index (χ0n) is 12.3. The molecule has 0 amide bonds. The van der Waals surface area contributed by atoms with Crippen LogP contribution < -0.4 is 10.1 Å². The molecule has 1 N–H and O–H groups in total. The molecule has 1 aromatic rings. The van der Waals surface area contributed by atoms with Gasteiger partial charge in [0.05, 0.1) is 6.61 Å². The van der Waals surface area contributed by atoms with Crippen LogP contribution in [0.15, 0.2) is 0 Å². The summed E-state index contributed by atoms with van der Waals surface area (Å²) in [5.41, 5.74) is 0. The van der Waals surface area contributed by atoms with Gasteiger partial charge in [0.25, 0.3) is 5.19 Å². The van der Waals surface area contributed by atoms with Crippen LogP contribution in [0.5, 0.6) is 5.19 Å². The molecule has 1 aromatic heterocycles. The summed E-state index contributed by atoms with van der Waals surface area (Å²) in [7, 11) is 3.86. The largest absolute Gasteiger partial charge is 0.467 e. The molecule has 7 heteroatoms. The Morgan fingerprint density at radius 3 is 3.10 bits per heavy atom. The normalized spacial score (nSPS) is 20.2. The van der Waals surface area contributed by atoms with Gasteiger partial charge in [0.1, 0.15) is 11.6 Å². The fourth-order valence-corrected chi connectivity index (χ4v) is 2.93. The maximum Gasteiger partial charge on any atom is 0.294 e. The van der Waals surface area contributed by atoms with E-state index < -0.39 is 0 Å². The first-order chi connectivity index (χ1) is 9.79. The average molecular weight is 300 g/mol. The minimum absolute atomic E-state index is 0.510. The number of rotatable bonds is 8. The third kappa shape index (κ3) is 4.97. The van der Waals surface area contributed by atoms with Crippen LogP contribution in [0.2, 0.25) is 0 Å². The van der Waals surface area contributed by atoms with Gasteiger partial charge < -0.3 is 19.7 Å². The maximum atomic E-state index is 5.77. The Kier molecular flexibility index (Phi) is 6.65. The van der Waals surface area contributed by atoms with Crippen molar-refractivity contribution in [3.63, 3.8) is 0 Å². The van der Waals surface area contributed by atoms with Crippen LogP contribution in [-0.2, 0) is 11.3 Å². The van der Waals surface area contributed by atoms with E-state index in [9.17, 15) is 0 Å². The van der Waals surface area contributed by atoms with Gasteiger partial charge in [-0.1, -0.05) is 17.8 Å². The molecule has 1 saturated heterocycles. The highest BCUT2D eigenvalue weighted by Gasteiger charge is 2.20. The predicted octanol–water partition coefficient (Wildman–Crippen LogP) is 1.14. The fraction of sp³-hybridized carbons (Fsp3) is 0.846. The van der Waals surface area contributed by atoms with Crippen molar-refractivity contribution >= 4 is 11.3 Å². The molecule has 0 bridgehead atoms. The second-order valence-electron chi connectivity index (χ2n) is 5.07. The third-order valence-electron chi connectivity index (χ3n) is 3.53. The van der Waals surface area contributed by atoms with Gasteiger partial charge in [0.15, 0.2) is 0 Å². The van der Waals surface area contributed by atoms with Crippen LogP contribution >= 0.6 is 11.3 Å². The highest BCUT2D eigenvalue weighted by Crippen LogP contribution is 2.20. The van der Waals surface area contributed by atoms with Gasteiger partial charge in [0, 0.05) is 26.2 Å². The number of piperidine rings is 1. The minimum atomic E-state index is 0.510. The summed E-state index contributed by atoms with van der Waals surface area (Å²) in [5, 5.41) is 13.1. The van der Waals surface area contributed by atoms with Gasteiger partial charge in [-0.2, -0.15) is 0 Å². The molecular formula is C13H24N4O2S. The molecule has 1 atom stereocenters. The second kappa shape index (κ2) is 8.51. The molecule has 2 heterocycles. The van der Waals surface area contributed by atoms with E-state index in [1.165, 1.54) is 37.1 Å². The molecule has 1 fully saturated rings. The average Bonchev–Trinajstić information content (AvgIpc) is 2.91. The van der Waals surface area contributed by atoms with Crippen molar-refractivity contribution in [2.24, 2.45) is 0 Å². The first-order valence-electron chi connectivity index (χ1n) is 7.14. The Bertz CT molecular complexity index is 388. The highest BCUT2D eigenvalue weighted by molar-refractivity contribution is 7.13. The molecule has 0 aliphatic carbocycles. The van der Waals surface area contributed by atoms with Gasteiger partial charge in [-0.3, -0.25) is 0 Å². The van der Waals surface area contributed by atoms with E-state index in [-0.39, 0.29) is 0 Å². The molecule has 20 heavy (non-hydrogen) atoms. The van der Waals surface area contributed by atoms with Gasteiger partial charge in [-0.15, -0.1) is 10.2 Å². The van der Waals surface area contributed by atoms with Crippen molar-refractivity contribution in [2.75, 3.05) is 40.5 Å². The molecule has 2 rings (SSSR count). The number of nitrogens with zero attached hydrogens (tertiary/aromatic N) is 3. The number of likely N-dealkylation sites (tertiary alicyclic amines) is 1. The lowest BCUT2D eigenvalue weighted by Crippen LogP contribution is -2.40. The van der Waals surface area contributed by atoms with Crippen molar-refractivity contribution in [3.05, 3.63) is 5.01 Å². The molecule has 114 valence electrons. The topological polar surface area (TPSA) is 59.5 Å². The number of likely N-dealkylation sites (N-methyl/N-ethyl adjacent to an activating group) is 1. The van der Waals surface area contributed by atoms with Crippen LogP contribution in [0.1, 0.15) is 24.3 Å². The van der Waals surface area contributed by atoms with Gasteiger partial charge in [-0.05, 0) is 26.4 Å². The van der Waals surface area contributed by atoms with E-state index in [1.54, 1.807) is 7.11 Å². The SMILES string of the molecule is COCCNCc1nnc(OCC2CCCCN2C)s1. The molecule has 0 radical (unpaired) electrons. The zero-order chi connectivity index (χ0) is 14.2. The van der Waals surface area contributed by atoms with Crippen LogP contribution in [0.4, 0.5) is 0 Å². The van der Waals surface area contributed by atoms with E-state index in [2.05, 4.69) is 27.5 Å². The number of aromatic nitrogens is 2. The van der Waals surface area contributed by atoms with E-state index in [0.29, 0.717) is 31.0 Å². The molecule has 0 spiro atoms. The highest BCUT2D eigenvalue weighted by atomic mass is 32.1. The summed E-state index contributed by atoms with van der Waals surface area (Å²) in [6.07, 6.45) is 3.80. The molecular weight excluding hydrogens is 276 g/mol. The van der Waals surface area contributed by atoms with Crippen LogP contribution in [0.25, 0.3) is 0 Å². The molecule has 6 nitrogen and oxygen atoms in total. The van der Waals surface area contributed by atoms with Crippen LogP contribution in [0, 0.1) is 0 Å². The summed E-state index contributed by atoms with van der Waals surface area (Å²) in [6.45, 7) is 4.12. The summed E-state index contributed by atoms with van der Waals surface area (Å²) < 4.78 is 10.8. The Balaban J connectivity index is 1.69. The van der Waals surface area contributed by atoms with E-state index in [4.69, 9.17) is 9.47 Å². The Morgan fingerprint density at radius 1 is 1.40 bits per heavy atom. The monoisotopic (exact) mass is 300 g/mol. The zero-order valence-corrected chi connectivity index (χ0v) is 13.1. The standard InChI is InChI=1S/C13H24N4O2S/c1-17-7-4-3-5-11(17)10-19-13-16-15-12(20-13)9-14-6-8-18-2/h11,14H,3-10H2,1-2H3. The summed E-state index contributed by atoms with van der Waals surface area (Å²) >= 11 is 1.51. The van der Waals surface area contributed by atoms with Gasteiger partial charge in [0.2, 0.25) is 0 Å². The van der Waals surface area contributed by atoms with Crippen LogP contribution in [-0.4, -0.2) is 61.6 Å². The summed E-state index contributed by atoms with van der Waals surface area (Å²) in [6, 6.07) is 0.510. The summed E-state index contributed by atoms with van der Waals surface area (Å²) in [4.78, 5) is 2.37. The molecule has 1 aliphatic heterocycles. The maximum absolute atomic E-state index is 5.77. The Morgan fingerprint density at radius 2 is 2.30 bits per heavy atom. The van der Waals surface area contributed by atoms with Crippen molar-refractivity contribution in [1.29, 1.82) is 0 Å². The lowest BCUT2D eigenvalue weighted by atomic mass is 10.0. The first kappa shape index (κ1) is 15.6. The number of hydrogen-bond acceptors (Lipinski definition) is 7. The number of nitrogens with one attached hydrogen (secondary N) is 1. The first-order valence-corrected chi connectivity index (χ1v) is 7.96. The van der Waals surface area contributed by atoms with E-state index in [0.717, 1.165) is 11.6 Å². The van der Waals surface area contributed by atoms with Crippen molar-refractivity contribution in [2.45, 2.75) is 31.8 Å². The van der Waals surface area contributed by atoms with Crippen molar-refractivity contribution in [3.8, 4) is 5.19 Å².